The number of fused-ring (bicyclic) bond motifs is 1. The zero-order chi connectivity index (χ0) is 28.0. The van der Waals surface area contributed by atoms with Gasteiger partial charge in [0.05, 0.1) is 13.2 Å². The fourth-order valence-corrected chi connectivity index (χ4v) is 4.20. The van der Waals surface area contributed by atoms with Crippen LogP contribution in [0.1, 0.15) is 5.69 Å². The summed E-state index contributed by atoms with van der Waals surface area (Å²) in [7, 11) is 0. The molecule has 1 saturated heterocycles. The van der Waals surface area contributed by atoms with Crippen molar-refractivity contribution in [3.05, 3.63) is 71.0 Å². The minimum absolute atomic E-state index is 0.323. The molecule has 3 heterocycles. The maximum atomic E-state index is 10.6. The molecule has 9 nitrogen and oxygen atoms in total. The van der Waals surface area contributed by atoms with Crippen LogP contribution in [-0.4, -0.2) is 58.5 Å². The van der Waals surface area contributed by atoms with Crippen LogP contribution in [0, 0.1) is 11.3 Å². The van der Waals surface area contributed by atoms with E-state index in [4.69, 9.17) is 14.6 Å². The SMILES string of the molecule is N#Cc1nc2nc(Nc3ccc(N4CCOCC4)cc3)ncc2cc1-c1ccccc1Br.O=C(O)C(F)(F)F. The topological polar surface area (TPSA) is 124 Å². The first kappa shape index (κ1) is 27.7. The fraction of sp³-hybridized carbons (Fsp3) is 0.192. The molecule has 1 fully saturated rings. The van der Waals surface area contributed by atoms with Crippen molar-refractivity contribution in [2.45, 2.75) is 6.18 Å². The summed E-state index contributed by atoms with van der Waals surface area (Å²) in [5.41, 5.74) is 4.49. The lowest BCUT2D eigenvalue weighted by Crippen LogP contribution is -2.36. The van der Waals surface area contributed by atoms with Crippen LogP contribution in [0.2, 0.25) is 0 Å². The Morgan fingerprint density at radius 2 is 1.74 bits per heavy atom. The summed E-state index contributed by atoms with van der Waals surface area (Å²) in [4.78, 5) is 24.7. The van der Waals surface area contributed by atoms with Gasteiger partial charge in [-0.2, -0.15) is 23.4 Å². The van der Waals surface area contributed by atoms with Gasteiger partial charge in [0.2, 0.25) is 5.95 Å². The molecule has 13 heteroatoms. The molecule has 0 amide bonds. The third kappa shape index (κ3) is 6.98. The van der Waals surface area contributed by atoms with Crippen LogP contribution in [0.3, 0.4) is 0 Å². The van der Waals surface area contributed by atoms with Crippen molar-refractivity contribution in [3.63, 3.8) is 0 Å². The van der Waals surface area contributed by atoms with Crippen molar-refractivity contribution in [1.29, 1.82) is 5.26 Å². The number of aliphatic carboxylic acids is 1. The molecular weight excluding hydrogens is 581 g/mol. The van der Waals surface area contributed by atoms with E-state index in [9.17, 15) is 18.4 Å². The van der Waals surface area contributed by atoms with Gasteiger partial charge in [-0.25, -0.2) is 14.8 Å². The number of alkyl halides is 3. The van der Waals surface area contributed by atoms with Gasteiger partial charge in [0.1, 0.15) is 6.07 Å². The van der Waals surface area contributed by atoms with Gasteiger partial charge in [-0.1, -0.05) is 34.1 Å². The van der Waals surface area contributed by atoms with Crippen LogP contribution >= 0.6 is 15.9 Å². The molecule has 0 bridgehead atoms. The summed E-state index contributed by atoms with van der Waals surface area (Å²) in [6.45, 7) is 3.31. The Kier molecular flexibility index (Phi) is 8.58. The molecule has 1 aliphatic rings. The van der Waals surface area contributed by atoms with Crippen molar-refractivity contribution in [3.8, 4) is 17.2 Å². The number of rotatable bonds is 4. The van der Waals surface area contributed by atoms with Crippen molar-refractivity contribution < 1.29 is 27.8 Å². The Hall–Kier alpha value is -4.28. The summed E-state index contributed by atoms with van der Waals surface area (Å²) in [6, 6.07) is 20.0. The minimum Gasteiger partial charge on any atom is -0.475 e. The molecule has 1 aliphatic heterocycles. The van der Waals surface area contributed by atoms with Gasteiger partial charge in [-0.15, -0.1) is 0 Å². The smallest absolute Gasteiger partial charge is 0.475 e. The Bertz CT molecular complexity index is 1520. The second-order valence-corrected chi connectivity index (χ2v) is 9.01. The predicted octanol–water partition coefficient (Wildman–Crippen LogP) is 5.54. The number of nitriles is 1. The monoisotopic (exact) mass is 600 g/mol. The maximum Gasteiger partial charge on any atom is 0.490 e. The molecule has 2 aromatic carbocycles. The number of aromatic nitrogens is 3. The van der Waals surface area contributed by atoms with E-state index in [1.807, 2.05) is 42.5 Å². The second kappa shape index (κ2) is 12.1. The van der Waals surface area contributed by atoms with E-state index in [0.29, 0.717) is 17.3 Å². The number of carboxylic acids is 1. The van der Waals surface area contributed by atoms with E-state index in [1.54, 1.807) is 6.20 Å². The molecule has 0 atom stereocenters. The van der Waals surface area contributed by atoms with Gasteiger partial charge in [-0.05, 0) is 42.0 Å². The van der Waals surface area contributed by atoms with Crippen LogP contribution in [-0.2, 0) is 9.53 Å². The molecule has 0 radical (unpaired) electrons. The molecule has 0 aliphatic carbocycles. The normalized spacial score (nSPS) is 13.3. The van der Waals surface area contributed by atoms with Crippen LogP contribution in [0.4, 0.5) is 30.5 Å². The van der Waals surface area contributed by atoms with E-state index < -0.39 is 12.1 Å². The van der Waals surface area contributed by atoms with E-state index in [0.717, 1.165) is 53.0 Å². The number of hydrogen-bond acceptors (Lipinski definition) is 8. The second-order valence-electron chi connectivity index (χ2n) is 8.16. The highest BCUT2D eigenvalue weighted by molar-refractivity contribution is 9.10. The lowest BCUT2D eigenvalue weighted by Gasteiger charge is -2.28. The predicted molar refractivity (Wildman–Crippen MR) is 142 cm³/mol. The van der Waals surface area contributed by atoms with E-state index in [1.165, 1.54) is 5.69 Å². The van der Waals surface area contributed by atoms with Crippen LogP contribution < -0.4 is 10.2 Å². The third-order valence-corrected chi connectivity index (χ3v) is 6.27. The number of morpholine rings is 1. The third-order valence-electron chi connectivity index (χ3n) is 5.58. The molecule has 0 unspecified atom stereocenters. The molecule has 0 saturated carbocycles. The van der Waals surface area contributed by atoms with Gasteiger partial charge in [-0.3, -0.25) is 0 Å². The number of hydrogen-bond donors (Lipinski definition) is 2. The van der Waals surface area contributed by atoms with Crippen LogP contribution in [0.15, 0.2) is 65.3 Å². The van der Waals surface area contributed by atoms with E-state index >= 15 is 0 Å². The molecule has 5 rings (SSSR count). The number of ether oxygens (including phenoxy) is 1. The largest absolute Gasteiger partial charge is 0.490 e. The number of nitrogens with one attached hydrogen (secondary N) is 1. The van der Waals surface area contributed by atoms with Crippen LogP contribution in [0.25, 0.3) is 22.2 Å². The molecule has 2 N–H and O–H groups in total. The van der Waals surface area contributed by atoms with Gasteiger partial charge in [0.15, 0.2) is 11.3 Å². The van der Waals surface area contributed by atoms with Crippen molar-refractivity contribution in [2.75, 3.05) is 36.5 Å². The first-order valence-corrected chi connectivity index (χ1v) is 12.3. The summed E-state index contributed by atoms with van der Waals surface area (Å²) in [5.74, 6) is -2.32. The number of halogens is 4. The van der Waals surface area contributed by atoms with Gasteiger partial charge < -0.3 is 20.1 Å². The number of pyridine rings is 1. The molecule has 0 spiro atoms. The molecule has 39 heavy (non-hydrogen) atoms. The van der Waals surface area contributed by atoms with Crippen molar-refractivity contribution >= 4 is 50.3 Å². The summed E-state index contributed by atoms with van der Waals surface area (Å²) in [6.07, 6.45) is -3.36. The number of benzene rings is 2. The Labute approximate surface area is 229 Å². The standard InChI is InChI=1S/C24H19BrN6O.C2HF3O2/c25-21-4-2-1-3-19(21)20-13-16-15-27-24(30-23(16)29-22(20)14-26)28-17-5-7-18(8-6-17)31-9-11-32-12-10-31;3-2(4,5)1(6)7/h1-8,13,15H,9-12H2,(H,27,28,29,30);(H,6,7). The zero-order valence-electron chi connectivity index (χ0n) is 20.1. The number of carboxylic acid groups (broad SMARTS) is 1. The first-order valence-electron chi connectivity index (χ1n) is 11.5. The number of carbonyl (C=O) groups is 1. The molecule has 2 aromatic heterocycles. The summed E-state index contributed by atoms with van der Waals surface area (Å²) < 4.78 is 38.1. The lowest BCUT2D eigenvalue weighted by molar-refractivity contribution is -0.192. The lowest BCUT2D eigenvalue weighted by atomic mass is 10.0. The summed E-state index contributed by atoms with van der Waals surface area (Å²) >= 11 is 3.55. The highest BCUT2D eigenvalue weighted by Gasteiger charge is 2.38. The number of nitrogens with zero attached hydrogens (tertiary/aromatic N) is 5. The quantitative estimate of drug-likeness (QED) is 0.310. The highest BCUT2D eigenvalue weighted by Crippen LogP contribution is 2.32. The zero-order valence-corrected chi connectivity index (χ0v) is 21.7. The first-order chi connectivity index (χ1) is 18.7. The Morgan fingerprint density at radius 3 is 2.36 bits per heavy atom. The van der Waals surface area contributed by atoms with E-state index in [2.05, 4.69) is 59.3 Å². The van der Waals surface area contributed by atoms with Crippen LogP contribution in [0.5, 0.6) is 0 Å². The number of anilines is 3. The summed E-state index contributed by atoms with van der Waals surface area (Å²) in [5, 5.41) is 20.8. The fourth-order valence-electron chi connectivity index (χ4n) is 3.70. The van der Waals surface area contributed by atoms with Crippen molar-refractivity contribution in [1.82, 2.24) is 15.0 Å². The Balaban J connectivity index is 0.000000448. The minimum atomic E-state index is -5.08. The molecule has 200 valence electrons. The molecular formula is C26H20BrF3N6O3. The maximum absolute atomic E-state index is 10.6. The van der Waals surface area contributed by atoms with Crippen molar-refractivity contribution in [2.24, 2.45) is 0 Å². The van der Waals surface area contributed by atoms with Gasteiger partial charge in [0.25, 0.3) is 0 Å². The molecule has 4 aromatic rings. The Morgan fingerprint density at radius 1 is 1.08 bits per heavy atom. The average molecular weight is 601 g/mol. The van der Waals surface area contributed by atoms with Gasteiger partial charge in [0, 0.05) is 46.1 Å². The van der Waals surface area contributed by atoms with Gasteiger partial charge >= 0.3 is 12.1 Å². The highest BCUT2D eigenvalue weighted by atomic mass is 79.9. The average Bonchev–Trinajstić information content (AvgIpc) is 2.93. The van der Waals surface area contributed by atoms with E-state index in [-0.39, 0.29) is 0 Å².